The lowest BCUT2D eigenvalue weighted by molar-refractivity contribution is -0.131. The molecule has 4 heteroatoms. The molecule has 0 aliphatic heterocycles. The quantitative estimate of drug-likeness (QED) is 0.491. The summed E-state index contributed by atoms with van der Waals surface area (Å²) < 4.78 is 5.09. The topological polar surface area (TPSA) is 50.4 Å². The normalized spacial score (nSPS) is 9.61. The molecule has 92 valence electrons. The van der Waals surface area contributed by atoms with Gasteiger partial charge >= 0.3 is 5.97 Å². The van der Waals surface area contributed by atoms with E-state index in [4.69, 9.17) is 4.74 Å². The van der Waals surface area contributed by atoms with Crippen molar-refractivity contribution in [3.8, 4) is 5.75 Å². The minimum atomic E-state index is -0.344. The Morgan fingerprint density at radius 1 is 0.944 bits per heavy atom. The molecule has 0 radical (unpaired) electrons. The molecule has 4 nitrogen and oxygen atoms in total. The summed E-state index contributed by atoms with van der Waals surface area (Å²) >= 11 is 0. The maximum absolute atomic E-state index is 11.0. The summed E-state index contributed by atoms with van der Waals surface area (Å²) in [7, 11) is 0. The highest BCUT2D eigenvalue weighted by molar-refractivity contribution is 5.73. The lowest BCUT2D eigenvalue weighted by atomic mass is 10.3. The smallest absolute Gasteiger partial charge is 0.308 e. The highest BCUT2D eigenvalue weighted by Gasteiger charge is 2.04. The monoisotopic (exact) mass is 242 g/mol. The first-order valence-corrected chi connectivity index (χ1v) is 5.60. The molecule has 2 rings (SSSR count). The van der Waals surface area contributed by atoms with Crippen LogP contribution in [0.1, 0.15) is 6.92 Å². The minimum Gasteiger partial charge on any atom is -0.424 e. The summed E-state index contributed by atoms with van der Waals surface area (Å²) in [4.78, 5) is 11.0. The molecule has 0 saturated heterocycles. The Bertz CT molecular complexity index is 526. The van der Waals surface area contributed by atoms with Gasteiger partial charge in [-0.3, -0.25) is 10.2 Å². The molecule has 18 heavy (non-hydrogen) atoms. The Morgan fingerprint density at radius 3 is 2.33 bits per heavy atom. The highest BCUT2D eigenvalue weighted by atomic mass is 16.5. The van der Waals surface area contributed by atoms with E-state index in [1.165, 1.54) is 6.92 Å². The fourth-order valence-electron chi connectivity index (χ4n) is 1.47. The van der Waals surface area contributed by atoms with Gasteiger partial charge in [-0.05, 0) is 24.3 Å². The van der Waals surface area contributed by atoms with Gasteiger partial charge in [-0.2, -0.15) is 0 Å². The van der Waals surface area contributed by atoms with Crippen molar-refractivity contribution < 1.29 is 9.53 Å². The summed E-state index contributed by atoms with van der Waals surface area (Å²) in [6, 6.07) is 16.9. The molecule has 0 fully saturated rings. The van der Waals surface area contributed by atoms with E-state index in [0.29, 0.717) is 11.4 Å². The first-order valence-electron chi connectivity index (χ1n) is 5.60. The van der Waals surface area contributed by atoms with E-state index in [2.05, 4.69) is 10.9 Å². The summed E-state index contributed by atoms with van der Waals surface area (Å²) in [6.45, 7) is 1.38. The van der Waals surface area contributed by atoms with E-state index in [0.717, 1.165) is 5.69 Å². The molecule has 2 aromatic rings. The van der Waals surface area contributed by atoms with Gasteiger partial charge in [-0.15, -0.1) is 0 Å². The zero-order valence-electron chi connectivity index (χ0n) is 10.0. The van der Waals surface area contributed by atoms with E-state index in [1.807, 2.05) is 48.5 Å². The first-order chi connectivity index (χ1) is 8.75. The fourth-order valence-corrected chi connectivity index (χ4v) is 1.47. The van der Waals surface area contributed by atoms with Crippen LogP contribution in [-0.4, -0.2) is 5.97 Å². The largest absolute Gasteiger partial charge is 0.424 e. The van der Waals surface area contributed by atoms with Gasteiger partial charge in [0, 0.05) is 6.92 Å². The number of carbonyl (C=O) groups is 1. The summed E-state index contributed by atoms with van der Waals surface area (Å²) in [5, 5.41) is 0. The Labute approximate surface area is 106 Å². The standard InChI is InChI=1S/C14H14N2O2/c1-11(17)18-14-10-6-5-9-13(14)16-15-12-7-3-2-4-8-12/h2-10,15-16H,1H3. The molecule has 0 aliphatic rings. The lowest BCUT2D eigenvalue weighted by Crippen LogP contribution is -2.11. The molecule has 0 atom stereocenters. The molecule has 2 aromatic carbocycles. The molecule has 0 saturated carbocycles. The maximum Gasteiger partial charge on any atom is 0.308 e. The molecule has 0 unspecified atom stereocenters. The van der Waals surface area contributed by atoms with Crippen LogP contribution in [0.2, 0.25) is 0 Å². The van der Waals surface area contributed by atoms with E-state index >= 15 is 0 Å². The van der Waals surface area contributed by atoms with Gasteiger partial charge < -0.3 is 10.2 Å². The van der Waals surface area contributed by atoms with Crippen LogP contribution < -0.4 is 15.6 Å². The van der Waals surface area contributed by atoms with E-state index in [9.17, 15) is 4.79 Å². The zero-order valence-corrected chi connectivity index (χ0v) is 10.0. The number of hydrogen-bond donors (Lipinski definition) is 2. The Hall–Kier alpha value is -2.49. The SMILES string of the molecule is CC(=O)Oc1ccccc1NNc1ccccc1. The number of rotatable bonds is 4. The number of carbonyl (C=O) groups excluding carboxylic acids is 1. The van der Waals surface area contributed by atoms with Crippen molar-refractivity contribution in [2.24, 2.45) is 0 Å². The second-order valence-electron chi connectivity index (χ2n) is 3.71. The van der Waals surface area contributed by atoms with Crippen LogP contribution in [0.4, 0.5) is 11.4 Å². The summed E-state index contributed by atoms with van der Waals surface area (Å²) in [5.41, 5.74) is 7.67. The first kappa shape index (κ1) is 12.0. The predicted octanol–water partition coefficient (Wildman–Crippen LogP) is 3.05. The molecule has 2 N–H and O–H groups in total. The molecular weight excluding hydrogens is 228 g/mol. The third kappa shape index (κ3) is 3.25. The molecule has 0 amide bonds. The second kappa shape index (κ2) is 5.72. The second-order valence-corrected chi connectivity index (χ2v) is 3.71. The van der Waals surface area contributed by atoms with Gasteiger partial charge in [0.25, 0.3) is 0 Å². The molecule has 0 bridgehead atoms. The van der Waals surface area contributed by atoms with E-state index < -0.39 is 0 Å². The van der Waals surface area contributed by atoms with Crippen molar-refractivity contribution in [2.45, 2.75) is 6.92 Å². The van der Waals surface area contributed by atoms with Crippen molar-refractivity contribution in [1.29, 1.82) is 0 Å². The molecule has 0 aliphatic carbocycles. The fraction of sp³-hybridized carbons (Fsp3) is 0.0714. The van der Waals surface area contributed by atoms with E-state index in [1.54, 1.807) is 6.07 Å². The van der Waals surface area contributed by atoms with Crippen molar-refractivity contribution in [1.82, 2.24) is 0 Å². The third-order valence-corrected chi connectivity index (χ3v) is 2.26. The number of nitrogens with one attached hydrogen (secondary N) is 2. The number of ether oxygens (including phenoxy) is 1. The lowest BCUT2D eigenvalue weighted by Gasteiger charge is -2.12. The predicted molar refractivity (Wildman–Crippen MR) is 71.4 cm³/mol. The van der Waals surface area contributed by atoms with E-state index in [-0.39, 0.29) is 5.97 Å². The van der Waals surface area contributed by atoms with Crippen molar-refractivity contribution in [3.05, 3.63) is 54.6 Å². The molecule has 0 heterocycles. The van der Waals surface area contributed by atoms with Crippen LogP contribution in [0.15, 0.2) is 54.6 Å². The Kier molecular flexibility index (Phi) is 3.81. The van der Waals surface area contributed by atoms with Gasteiger partial charge in [0.05, 0.1) is 11.4 Å². The van der Waals surface area contributed by atoms with Gasteiger partial charge in [0.1, 0.15) is 0 Å². The van der Waals surface area contributed by atoms with Crippen molar-refractivity contribution in [2.75, 3.05) is 10.9 Å². The average Bonchev–Trinajstić information content (AvgIpc) is 2.38. The number of benzene rings is 2. The van der Waals surface area contributed by atoms with Crippen molar-refractivity contribution >= 4 is 17.3 Å². The van der Waals surface area contributed by atoms with Crippen LogP contribution in [0.3, 0.4) is 0 Å². The van der Waals surface area contributed by atoms with Crippen molar-refractivity contribution in [3.63, 3.8) is 0 Å². The van der Waals surface area contributed by atoms with Crippen LogP contribution in [-0.2, 0) is 4.79 Å². The Morgan fingerprint density at radius 2 is 1.61 bits per heavy atom. The molecular formula is C14H14N2O2. The third-order valence-electron chi connectivity index (χ3n) is 2.26. The number of para-hydroxylation sites is 3. The summed E-state index contributed by atoms with van der Waals surface area (Å²) in [5.74, 6) is 0.150. The molecule has 0 spiro atoms. The maximum atomic E-state index is 11.0. The van der Waals surface area contributed by atoms with Gasteiger partial charge in [0.15, 0.2) is 5.75 Å². The number of hydrogen-bond acceptors (Lipinski definition) is 4. The summed E-state index contributed by atoms with van der Waals surface area (Å²) in [6.07, 6.45) is 0. The van der Waals surface area contributed by atoms with Gasteiger partial charge in [0.2, 0.25) is 0 Å². The highest BCUT2D eigenvalue weighted by Crippen LogP contribution is 2.23. The Balaban J connectivity index is 2.07. The number of esters is 1. The van der Waals surface area contributed by atoms with Crippen LogP contribution in [0.5, 0.6) is 5.75 Å². The number of hydrazine groups is 1. The minimum absolute atomic E-state index is 0.344. The van der Waals surface area contributed by atoms with Crippen LogP contribution in [0.25, 0.3) is 0 Å². The number of anilines is 2. The van der Waals surface area contributed by atoms with Gasteiger partial charge in [-0.25, -0.2) is 0 Å². The van der Waals surface area contributed by atoms with Gasteiger partial charge in [-0.1, -0.05) is 30.3 Å². The van der Waals surface area contributed by atoms with Crippen LogP contribution >= 0.6 is 0 Å². The van der Waals surface area contributed by atoms with Crippen LogP contribution in [0, 0.1) is 0 Å². The average molecular weight is 242 g/mol. The zero-order chi connectivity index (χ0) is 12.8. The molecule has 0 aromatic heterocycles.